The molecule has 0 aliphatic heterocycles. The van der Waals surface area contributed by atoms with Crippen LogP contribution >= 0.6 is 0 Å². The van der Waals surface area contributed by atoms with Crippen LogP contribution in [-0.2, 0) is 0 Å². The van der Waals surface area contributed by atoms with Gasteiger partial charge in [0.05, 0.1) is 22.4 Å². The molecule has 2 aromatic carbocycles. The molecular formula is C18H18N4. The Morgan fingerprint density at radius 2 is 1.50 bits per heavy atom. The first-order valence-electron chi connectivity index (χ1n) is 7.40. The summed E-state index contributed by atoms with van der Waals surface area (Å²) in [5.74, 6) is 1.57. The van der Waals surface area contributed by atoms with Crippen molar-refractivity contribution in [1.82, 2.24) is 14.0 Å². The minimum Gasteiger partial charge on any atom is -0.383 e. The van der Waals surface area contributed by atoms with Gasteiger partial charge in [-0.3, -0.25) is 8.97 Å². The molecule has 0 saturated carbocycles. The topological polar surface area (TPSA) is 48.2 Å². The van der Waals surface area contributed by atoms with Gasteiger partial charge in [0.1, 0.15) is 5.82 Å². The van der Waals surface area contributed by atoms with Gasteiger partial charge in [0, 0.05) is 0 Å². The molecular weight excluding hydrogens is 272 g/mol. The van der Waals surface area contributed by atoms with E-state index in [4.69, 9.17) is 10.7 Å². The molecule has 4 heteroatoms. The quantitative estimate of drug-likeness (QED) is 0.580. The fourth-order valence-electron chi connectivity index (χ4n) is 3.24. The van der Waals surface area contributed by atoms with Crippen LogP contribution in [0.5, 0.6) is 0 Å². The highest BCUT2D eigenvalue weighted by atomic mass is 15.2. The van der Waals surface area contributed by atoms with Crippen LogP contribution in [0.2, 0.25) is 0 Å². The maximum Gasteiger partial charge on any atom is 0.221 e. The van der Waals surface area contributed by atoms with Gasteiger partial charge in [-0.25, -0.2) is 4.98 Å². The third-order valence-electron chi connectivity index (χ3n) is 4.31. The molecule has 110 valence electrons. The first-order chi connectivity index (χ1) is 10.6. The van der Waals surface area contributed by atoms with Crippen LogP contribution in [0.25, 0.3) is 22.5 Å². The van der Waals surface area contributed by atoms with E-state index >= 15 is 0 Å². The van der Waals surface area contributed by atoms with Crippen molar-refractivity contribution >= 4 is 22.6 Å². The number of para-hydroxylation sites is 3. The summed E-state index contributed by atoms with van der Waals surface area (Å²) >= 11 is 0. The van der Waals surface area contributed by atoms with Crippen molar-refractivity contribution in [3.05, 3.63) is 59.3 Å². The van der Waals surface area contributed by atoms with Gasteiger partial charge in [-0.05, 0) is 44.0 Å². The molecule has 4 aromatic rings. The van der Waals surface area contributed by atoms with Crippen molar-refractivity contribution in [2.75, 3.05) is 5.73 Å². The van der Waals surface area contributed by atoms with Gasteiger partial charge in [-0.15, -0.1) is 0 Å². The molecule has 0 fully saturated rings. The summed E-state index contributed by atoms with van der Waals surface area (Å²) < 4.78 is 4.25. The molecule has 0 aliphatic carbocycles. The van der Waals surface area contributed by atoms with Crippen LogP contribution in [-0.4, -0.2) is 14.0 Å². The zero-order valence-corrected chi connectivity index (χ0v) is 13.0. The number of anilines is 1. The average molecular weight is 290 g/mol. The van der Waals surface area contributed by atoms with E-state index in [1.807, 2.05) is 17.4 Å². The summed E-state index contributed by atoms with van der Waals surface area (Å²) in [6, 6.07) is 14.6. The largest absolute Gasteiger partial charge is 0.383 e. The Hall–Kier alpha value is -2.75. The number of aryl methyl sites for hydroxylation is 3. The third-order valence-corrected chi connectivity index (χ3v) is 4.31. The number of nitrogens with two attached hydrogens (primary N) is 1. The SMILES string of the molecule is Cc1cccc(C)c1-n1c2ccccc2n2c(N)c(C)nc12. The number of hydrogen-bond acceptors (Lipinski definition) is 2. The summed E-state index contributed by atoms with van der Waals surface area (Å²) in [5, 5.41) is 0. The zero-order valence-electron chi connectivity index (χ0n) is 13.0. The van der Waals surface area contributed by atoms with E-state index in [2.05, 4.69) is 54.8 Å². The van der Waals surface area contributed by atoms with Crippen LogP contribution in [0, 0.1) is 20.8 Å². The lowest BCUT2D eigenvalue weighted by atomic mass is 10.1. The molecule has 0 radical (unpaired) electrons. The molecule has 4 nitrogen and oxygen atoms in total. The number of fused-ring (bicyclic) bond motifs is 3. The van der Waals surface area contributed by atoms with Gasteiger partial charge in [0.2, 0.25) is 5.78 Å². The second kappa shape index (κ2) is 4.37. The van der Waals surface area contributed by atoms with Crippen LogP contribution in [0.15, 0.2) is 42.5 Å². The molecule has 0 aliphatic rings. The normalized spacial score (nSPS) is 11.6. The molecule has 0 bridgehead atoms. The van der Waals surface area contributed by atoms with E-state index in [9.17, 15) is 0 Å². The predicted octanol–water partition coefficient (Wildman–Crippen LogP) is 3.79. The highest BCUT2D eigenvalue weighted by Gasteiger charge is 2.19. The Morgan fingerprint density at radius 3 is 2.18 bits per heavy atom. The van der Waals surface area contributed by atoms with Crippen molar-refractivity contribution < 1.29 is 0 Å². The number of nitrogens with zero attached hydrogens (tertiary/aromatic N) is 3. The minimum atomic E-state index is 0.705. The first kappa shape index (κ1) is 13.0. The maximum absolute atomic E-state index is 6.26. The van der Waals surface area contributed by atoms with Crippen molar-refractivity contribution in [2.45, 2.75) is 20.8 Å². The molecule has 2 aromatic heterocycles. The van der Waals surface area contributed by atoms with Crippen LogP contribution < -0.4 is 5.73 Å². The van der Waals surface area contributed by atoms with Gasteiger partial charge < -0.3 is 5.73 Å². The summed E-state index contributed by atoms with van der Waals surface area (Å²) in [7, 11) is 0. The van der Waals surface area contributed by atoms with Crippen LogP contribution in [0.1, 0.15) is 16.8 Å². The molecule has 2 heterocycles. The Labute approximate surface area is 128 Å². The summed E-state index contributed by atoms with van der Waals surface area (Å²) in [4.78, 5) is 4.71. The fourth-order valence-corrected chi connectivity index (χ4v) is 3.24. The van der Waals surface area contributed by atoms with Crippen LogP contribution in [0.3, 0.4) is 0 Å². The van der Waals surface area contributed by atoms with Gasteiger partial charge in [0.25, 0.3) is 0 Å². The standard InChI is InChI=1S/C18H18N4/c1-11-7-6-8-12(2)16(11)21-14-9-4-5-10-15(14)22-17(19)13(3)20-18(21)22/h4-10H,19H2,1-3H3. The third kappa shape index (κ3) is 1.55. The number of aromatic nitrogens is 3. The zero-order chi connectivity index (χ0) is 15.4. The van der Waals surface area contributed by atoms with Crippen molar-refractivity contribution in [3.63, 3.8) is 0 Å². The molecule has 0 amide bonds. The highest BCUT2D eigenvalue weighted by Crippen LogP contribution is 2.31. The Balaban J connectivity index is 2.28. The van der Waals surface area contributed by atoms with Crippen molar-refractivity contribution in [2.24, 2.45) is 0 Å². The van der Waals surface area contributed by atoms with Crippen molar-refractivity contribution in [1.29, 1.82) is 0 Å². The average Bonchev–Trinajstić information content (AvgIpc) is 2.95. The monoisotopic (exact) mass is 290 g/mol. The van der Waals surface area contributed by atoms with Gasteiger partial charge in [-0.2, -0.15) is 0 Å². The summed E-state index contributed by atoms with van der Waals surface area (Å²) in [6.45, 7) is 6.21. The van der Waals surface area contributed by atoms with E-state index in [1.54, 1.807) is 0 Å². The van der Waals surface area contributed by atoms with E-state index < -0.39 is 0 Å². The number of imidazole rings is 2. The van der Waals surface area contributed by atoms with Crippen LogP contribution in [0.4, 0.5) is 5.82 Å². The lowest BCUT2D eigenvalue weighted by Gasteiger charge is -2.12. The van der Waals surface area contributed by atoms with E-state index in [0.29, 0.717) is 5.82 Å². The smallest absolute Gasteiger partial charge is 0.221 e. The number of nitrogen functional groups attached to an aromatic ring is 1. The molecule has 4 rings (SSSR count). The molecule has 2 N–H and O–H groups in total. The van der Waals surface area contributed by atoms with E-state index in [1.165, 1.54) is 16.8 Å². The number of rotatable bonds is 1. The predicted molar refractivity (Wildman–Crippen MR) is 90.6 cm³/mol. The summed E-state index contributed by atoms with van der Waals surface area (Å²) in [6.07, 6.45) is 0. The van der Waals surface area contributed by atoms with Gasteiger partial charge in [-0.1, -0.05) is 30.3 Å². The van der Waals surface area contributed by atoms with Gasteiger partial charge in [0.15, 0.2) is 0 Å². The lowest BCUT2D eigenvalue weighted by molar-refractivity contribution is 1.06. The second-order valence-corrected chi connectivity index (χ2v) is 5.78. The molecule has 0 saturated heterocycles. The first-order valence-corrected chi connectivity index (χ1v) is 7.40. The Kier molecular flexibility index (Phi) is 2.57. The van der Waals surface area contributed by atoms with E-state index in [0.717, 1.165) is 22.5 Å². The molecule has 22 heavy (non-hydrogen) atoms. The minimum absolute atomic E-state index is 0.705. The van der Waals surface area contributed by atoms with Gasteiger partial charge >= 0.3 is 0 Å². The highest BCUT2D eigenvalue weighted by molar-refractivity contribution is 5.86. The molecule has 0 unspecified atom stereocenters. The number of hydrogen-bond donors (Lipinski definition) is 1. The Bertz CT molecular complexity index is 1000. The molecule has 0 atom stereocenters. The Morgan fingerprint density at radius 1 is 0.864 bits per heavy atom. The fraction of sp³-hybridized carbons (Fsp3) is 0.167. The number of benzene rings is 2. The van der Waals surface area contributed by atoms with Crippen molar-refractivity contribution in [3.8, 4) is 5.69 Å². The maximum atomic E-state index is 6.26. The second-order valence-electron chi connectivity index (χ2n) is 5.78. The van der Waals surface area contributed by atoms with E-state index in [-0.39, 0.29) is 0 Å². The summed E-state index contributed by atoms with van der Waals surface area (Å²) in [5.41, 5.74) is 13.0. The lowest BCUT2D eigenvalue weighted by Crippen LogP contribution is -2.00. The molecule has 0 spiro atoms.